The van der Waals surface area contributed by atoms with Crippen molar-refractivity contribution in [2.45, 2.75) is 32.6 Å². The number of nitrogens with one attached hydrogen (secondary N) is 2. The fourth-order valence-electron chi connectivity index (χ4n) is 2.67. The summed E-state index contributed by atoms with van der Waals surface area (Å²) in [5, 5.41) is 3.64. The SMILES string of the molecule is C[C@H]1C[NH+](CC(=O)NCc2cccc(Cl)c2)C[C@H](C)O1. The van der Waals surface area contributed by atoms with E-state index in [-0.39, 0.29) is 18.1 Å². The van der Waals surface area contributed by atoms with Crippen molar-refractivity contribution in [2.75, 3.05) is 19.6 Å². The maximum atomic E-state index is 12.0. The summed E-state index contributed by atoms with van der Waals surface area (Å²) in [5.41, 5.74) is 1.02. The van der Waals surface area contributed by atoms with Gasteiger partial charge in [-0.2, -0.15) is 0 Å². The quantitative estimate of drug-likeness (QED) is 0.857. The molecule has 1 saturated heterocycles. The first-order valence-corrected chi connectivity index (χ1v) is 7.41. The van der Waals surface area contributed by atoms with E-state index in [1.807, 2.05) is 24.3 Å². The van der Waals surface area contributed by atoms with Crippen molar-refractivity contribution in [3.8, 4) is 0 Å². The highest BCUT2D eigenvalue weighted by atomic mass is 35.5. The highest BCUT2D eigenvalue weighted by Crippen LogP contribution is 2.10. The summed E-state index contributed by atoms with van der Waals surface area (Å²) in [5.74, 6) is 0.0706. The number of morpholine rings is 1. The van der Waals surface area contributed by atoms with Gasteiger partial charge in [0.15, 0.2) is 6.54 Å². The van der Waals surface area contributed by atoms with Crippen LogP contribution in [0.4, 0.5) is 0 Å². The van der Waals surface area contributed by atoms with Crippen molar-refractivity contribution in [1.29, 1.82) is 0 Å². The van der Waals surface area contributed by atoms with Gasteiger partial charge < -0.3 is 15.0 Å². The molecule has 4 nitrogen and oxygen atoms in total. The number of hydrogen-bond donors (Lipinski definition) is 2. The van der Waals surface area contributed by atoms with Gasteiger partial charge in [-0.15, -0.1) is 0 Å². The fourth-order valence-corrected chi connectivity index (χ4v) is 2.88. The Morgan fingerprint density at radius 1 is 1.40 bits per heavy atom. The van der Waals surface area contributed by atoms with Crippen LogP contribution in [0.2, 0.25) is 5.02 Å². The summed E-state index contributed by atoms with van der Waals surface area (Å²) in [6.07, 6.45) is 0.434. The molecule has 0 radical (unpaired) electrons. The molecular weight excluding hydrogens is 276 g/mol. The maximum Gasteiger partial charge on any atom is 0.275 e. The van der Waals surface area contributed by atoms with Crippen LogP contribution in [-0.2, 0) is 16.1 Å². The van der Waals surface area contributed by atoms with Crippen LogP contribution < -0.4 is 10.2 Å². The van der Waals surface area contributed by atoms with E-state index in [0.29, 0.717) is 18.1 Å². The Hall–Kier alpha value is -1.10. The van der Waals surface area contributed by atoms with Gasteiger partial charge in [-0.1, -0.05) is 23.7 Å². The number of carbonyl (C=O) groups is 1. The van der Waals surface area contributed by atoms with Crippen LogP contribution in [0.1, 0.15) is 19.4 Å². The summed E-state index contributed by atoms with van der Waals surface area (Å²) in [6, 6.07) is 7.54. The standard InChI is InChI=1S/C15H21ClN2O2/c1-11-8-18(9-12(2)20-11)10-15(19)17-7-13-4-3-5-14(16)6-13/h3-6,11-12H,7-10H2,1-2H3,(H,17,19)/p+1/t11-,12-/m0/s1. The van der Waals surface area contributed by atoms with Crippen LogP contribution in [-0.4, -0.2) is 37.7 Å². The van der Waals surface area contributed by atoms with Gasteiger partial charge in [0.1, 0.15) is 25.3 Å². The molecule has 0 bridgehead atoms. The molecule has 20 heavy (non-hydrogen) atoms. The summed E-state index contributed by atoms with van der Waals surface area (Å²) >= 11 is 5.92. The zero-order chi connectivity index (χ0) is 14.5. The Kier molecular flexibility index (Phi) is 5.40. The number of quaternary nitrogens is 1. The number of halogens is 1. The zero-order valence-electron chi connectivity index (χ0n) is 12.0. The average molecular weight is 298 g/mol. The molecule has 1 heterocycles. The van der Waals surface area contributed by atoms with Crippen LogP contribution in [0.3, 0.4) is 0 Å². The van der Waals surface area contributed by atoms with Crippen LogP contribution in [0.25, 0.3) is 0 Å². The molecule has 110 valence electrons. The highest BCUT2D eigenvalue weighted by molar-refractivity contribution is 6.30. The minimum absolute atomic E-state index is 0.0706. The largest absolute Gasteiger partial charge is 0.364 e. The smallest absolute Gasteiger partial charge is 0.275 e. The van der Waals surface area contributed by atoms with Gasteiger partial charge in [-0.3, -0.25) is 4.79 Å². The molecule has 1 fully saturated rings. The second-order valence-electron chi connectivity index (χ2n) is 5.50. The molecule has 1 aromatic carbocycles. The monoisotopic (exact) mass is 297 g/mol. The van der Waals surface area contributed by atoms with Crippen LogP contribution in [0, 0.1) is 0 Å². The topological polar surface area (TPSA) is 42.8 Å². The van der Waals surface area contributed by atoms with E-state index in [9.17, 15) is 4.79 Å². The molecule has 1 aromatic rings. The van der Waals surface area contributed by atoms with Crippen molar-refractivity contribution in [3.63, 3.8) is 0 Å². The maximum absolute atomic E-state index is 12.0. The summed E-state index contributed by atoms with van der Waals surface area (Å²) in [4.78, 5) is 13.3. The number of ether oxygens (including phenoxy) is 1. The first kappa shape index (κ1) is 15.3. The van der Waals surface area contributed by atoms with Crippen molar-refractivity contribution < 1.29 is 14.4 Å². The molecule has 2 atom stereocenters. The minimum Gasteiger partial charge on any atom is -0.364 e. The Morgan fingerprint density at radius 2 is 2.10 bits per heavy atom. The van der Waals surface area contributed by atoms with E-state index >= 15 is 0 Å². The van der Waals surface area contributed by atoms with E-state index in [2.05, 4.69) is 19.2 Å². The lowest BCUT2D eigenvalue weighted by molar-refractivity contribution is -0.907. The van der Waals surface area contributed by atoms with E-state index in [4.69, 9.17) is 16.3 Å². The molecule has 0 aliphatic carbocycles. The molecular formula is C15H22ClN2O2+. The van der Waals surface area contributed by atoms with Gasteiger partial charge in [-0.25, -0.2) is 0 Å². The summed E-state index contributed by atoms with van der Waals surface area (Å²) in [6.45, 7) is 6.90. The van der Waals surface area contributed by atoms with Crippen LogP contribution >= 0.6 is 11.6 Å². The van der Waals surface area contributed by atoms with Crippen molar-refractivity contribution in [2.24, 2.45) is 0 Å². The third-order valence-electron chi connectivity index (χ3n) is 3.41. The van der Waals surface area contributed by atoms with Gasteiger partial charge in [0.25, 0.3) is 5.91 Å². The number of benzene rings is 1. The van der Waals surface area contributed by atoms with E-state index in [1.165, 1.54) is 4.90 Å². The molecule has 1 amide bonds. The molecule has 0 saturated carbocycles. The third-order valence-corrected chi connectivity index (χ3v) is 3.64. The number of carbonyl (C=O) groups excluding carboxylic acids is 1. The molecule has 5 heteroatoms. The summed E-state index contributed by atoms with van der Waals surface area (Å²) in [7, 11) is 0. The number of amides is 1. The fraction of sp³-hybridized carbons (Fsp3) is 0.533. The first-order valence-electron chi connectivity index (χ1n) is 7.03. The van der Waals surface area contributed by atoms with Gasteiger partial charge in [0.05, 0.1) is 0 Å². The number of hydrogen-bond acceptors (Lipinski definition) is 2. The summed E-state index contributed by atoms with van der Waals surface area (Å²) < 4.78 is 5.67. The molecule has 0 aromatic heterocycles. The lowest BCUT2D eigenvalue weighted by Crippen LogP contribution is -3.16. The Morgan fingerprint density at radius 3 is 2.75 bits per heavy atom. The highest BCUT2D eigenvalue weighted by Gasteiger charge is 2.26. The second kappa shape index (κ2) is 7.07. The molecule has 0 unspecified atom stereocenters. The normalized spacial score (nSPS) is 26.2. The van der Waals surface area contributed by atoms with Crippen molar-refractivity contribution in [3.05, 3.63) is 34.9 Å². The average Bonchev–Trinajstić information content (AvgIpc) is 2.35. The van der Waals surface area contributed by atoms with Gasteiger partial charge in [-0.05, 0) is 31.5 Å². The van der Waals surface area contributed by atoms with Crippen LogP contribution in [0.5, 0.6) is 0 Å². The van der Waals surface area contributed by atoms with Crippen LogP contribution in [0.15, 0.2) is 24.3 Å². The molecule has 1 aliphatic rings. The third kappa shape index (κ3) is 4.78. The Labute approximate surface area is 125 Å². The molecule has 2 N–H and O–H groups in total. The van der Waals surface area contributed by atoms with Gasteiger partial charge in [0, 0.05) is 11.6 Å². The van der Waals surface area contributed by atoms with Crippen molar-refractivity contribution >= 4 is 17.5 Å². The Balaban J connectivity index is 1.78. The zero-order valence-corrected chi connectivity index (χ0v) is 12.7. The van der Waals surface area contributed by atoms with Gasteiger partial charge in [0.2, 0.25) is 0 Å². The minimum atomic E-state index is 0.0706. The van der Waals surface area contributed by atoms with E-state index in [1.54, 1.807) is 0 Å². The molecule has 2 rings (SSSR count). The molecule has 1 aliphatic heterocycles. The lowest BCUT2D eigenvalue weighted by Gasteiger charge is -2.31. The second-order valence-corrected chi connectivity index (χ2v) is 5.94. The van der Waals surface area contributed by atoms with E-state index < -0.39 is 0 Å². The van der Waals surface area contributed by atoms with Gasteiger partial charge >= 0.3 is 0 Å². The Bertz CT molecular complexity index is 457. The first-order chi connectivity index (χ1) is 9.52. The predicted octanol–water partition coefficient (Wildman–Crippen LogP) is 0.648. The predicted molar refractivity (Wildman–Crippen MR) is 78.9 cm³/mol. The van der Waals surface area contributed by atoms with Crippen molar-refractivity contribution in [1.82, 2.24) is 5.32 Å². The molecule has 0 spiro atoms. The lowest BCUT2D eigenvalue weighted by atomic mass is 10.2. The number of rotatable bonds is 4. The van der Waals surface area contributed by atoms with E-state index in [0.717, 1.165) is 18.7 Å².